The molecule has 1 aliphatic rings. The number of nitrogen functional groups attached to an aromatic ring is 1. The van der Waals surface area contributed by atoms with Gasteiger partial charge < -0.3 is 5.11 Å². The molecule has 110 valence electrons. The molecule has 0 aliphatic carbocycles. The van der Waals surface area contributed by atoms with E-state index in [2.05, 4.69) is 15.3 Å². The van der Waals surface area contributed by atoms with E-state index in [0.717, 1.165) is 31.5 Å². The number of rotatable bonds is 4. The third kappa shape index (κ3) is 3.75. The molecule has 0 bridgehead atoms. The Bertz CT molecular complexity index is 453. The summed E-state index contributed by atoms with van der Waals surface area (Å²) in [5.41, 5.74) is 3.23. The SMILES string of the molecule is NNC(=O)c1cccc(CN2CCCCCC2CO)n1. The van der Waals surface area contributed by atoms with Crippen LogP contribution in [-0.2, 0) is 6.54 Å². The molecule has 1 aliphatic heterocycles. The van der Waals surface area contributed by atoms with E-state index < -0.39 is 0 Å². The number of nitrogens with zero attached hydrogens (tertiary/aromatic N) is 2. The molecule has 1 atom stereocenters. The number of aromatic nitrogens is 1. The lowest BCUT2D eigenvalue weighted by Crippen LogP contribution is -2.37. The van der Waals surface area contributed by atoms with Crippen LogP contribution in [0.4, 0.5) is 0 Å². The van der Waals surface area contributed by atoms with Gasteiger partial charge in [0, 0.05) is 12.6 Å². The molecule has 0 radical (unpaired) electrons. The largest absolute Gasteiger partial charge is 0.395 e. The van der Waals surface area contributed by atoms with Crippen molar-refractivity contribution in [1.82, 2.24) is 15.3 Å². The van der Waals surface area contributed by atoms with Crippen molar-refractivity contribution in [3.05, 3.63) is 29.6 Å². The minimum atomic E-state index is -0.388. The van der Waals surface area contributed by atoms with Crippen LogP contribution in [0.15, 0.2) is 18.2 Å². The Hall–Kier alpha value is -1.50. The summed E-state index contributed by atoms with van der Waals surface area (Å²) in [6.45, 7) is 1.78. The van der Waals surface area contributed by atoms with Crippen LogP contribution in [-0.4, -0.2) is 40.1 Å². The fourth-order valence-corrected chi connectivity index (χ4v) is 2.63. The number of carbonyl (C=O) groups excluding carboxylic acids is 1. The first kappa shape index (κ1) is 14.9. The third-order valence-corrected chi connectivity index (χ3v) is 3.75. The van der Waals surface area contributed by atoms with Crippen LogP contribution in [0.1, 0.15) is 41.9 Å². The molecule has 6 heteroatoms. The van der Waals surface area contributed by atoms with E-state index in [-0.39, 0.29) is 18.6 Å². The van der Waals surface area contributed by atoms with E-state index in [1.807, 2.05) is 6.07 Å². The number of nitrogens with two attached hydrogens (primary N) is 1. The molecule has 4 N–H and O–H groups in total. The second-order valence-corrected chi connectivity index (χ2v) is 5.14. The molecule has 0 spiro atoms. The monoisotopic (exact) mass is 278 g/mol. The zero-order valence-electron chi connectivity index (χ0n) is 11.6. The molecule has 1 aromatic heterocycles. The number of likely N-dealkylation sites (tertiary alicyclic amines) is 1. The molecule has 2 heterocycles. The lowest BCUT2D eigenvalue weighted by Gasteiger charge is -2.28. The molecule has 0 saturated carbocycles. The molecule has 20 heavy (non-hydrogen) atoms. The summed E-state index contributed by atoms with van der Waals surface area (Å²) in [6, 6.07) is 5.52. The van der Waals surface area contributed by atoms with E-state index in [9.17, 15) is 9.90 Å². The first-order valence-corrected chi connectivity index (χ1v) is 7.06. The van der Waals surface area contributed by atoms with Crippen molar-refractivity contribution in [1.29, 1.82) is 0 Å². The standard InChI is InChI=1S/C14H22N4O2/c15-17-14(20)13-7-4-5-11(16-13)9-18-8-3-1-2-6-12(18)10-19/h4-5,7,12,19H,1-3,6,8-10,15H2,(H,17,20). The topological polar surface area (TPSA) is 91.5 Å². The summed E-state index contributed by atoms with van der Waals surface area (Å²) in [6.07, 6.45) is 4.51. The first-order valence-electron chi connectivity index (χ1n) is 7.06. The Balaban J connectivity index is 2.09. The molecule has 1 amide bonds. The molecule has 1 saturated heterocycles. The minimum Gasteiger partial charge on any atom is -0.395 e. The number of aliphatic hydroxyl groups is 1. The molecule has 1 aromatic rings. The van der Waals surface area contributed by atoms with Gasteiger partial charge in [0.25, 0.3) is 5.91 Å². The van der Waals surface area contributed by atoms with Gasteiger partial charge in [-0.3, -0.25) is 15.1 Å². The lowest BCUT2D eigenvalue weighted by atomic mass is 10.1. The fraction of sp³-hybridized carbons (Fsp3) is 0.571. The van der Waals surface area contributed by atoms with Crippen LogP contribution in [0.2, 0.25) is 0 Å². The van der Waals surface area contributed by atoms with E-state index in [0.29, 0.717) is 12.2 Å². The van der Waals surface area contributed by atoms with Gasteiger partial charge in [-0.25, -0.2) is 10.8 Å². The summed E-state index contributed by atoms with van der Waals surface area (Å²) in [5, 5.41) is 9.50. The first-order chi connectivity index (χ1) is 9.74. The Morgan fingerprint density at radius 3 is 3.05 bits per heavy atom. The number of carbonyl (C=O) groups is 1. The van der Waals surface area contributed by atoms with Crippen LogP contribution in [0.25, 0.3) is 0 Å². The molecular weight excluding hydrogens is 256 g/mol. The predicted molar refractivity (Wildman–Crippen MR) is 75.6 cm³/mol. The number of amides is 1. The zero-order chi connectivity index (χ0) is 14.4. The molecule has 0 aromatic carbocycles. The number of hydrogen-bond acceptors (Lipinski definition) is 5. The summed E-state index contributed by atoms with van der Waals surface area (Å²) in [5.74, 6) is 4.73. The van der Waals surface area contributed by atoms with Crippen LogP contribution in [0, 0.1) is 0 Å². The van der Waals surface area contributed by atoms with Gasteiger partial charge in [0.05, 0.1) is 12.3 Å². The zero-order valence-corrected chi connectivity index (χ0v) is 11.6. The fourth-order valence-electron chi connectivity index (χ4n) is 2.63. The van der Waals surface area contributed by atoms with Crippen LogP contribution >= 0.6 is 0 Å². The highest BCUT2D eigenvalue weighted by atomic mass is 16.3. The highest BCUT2D eigenvalue weighted by molar-refractivity contribution is 5.91. The number of aliphatic hydroxyl groups excluding tert-OH is 1. The van der Waals surface area contributed by atoms with E-state index in [1.54, 1.807) is 12.1 Å². The summed E-state index contributed by atoms with van der Waals surface area (Å²) in [7, 11) is 0. The Morgan fingerprint density at radius 1 is 1.45 bits per heavy atom. The number of nitrogens with one attached hydrogen (secondary N) is 1. The maximum absolute atomic E-state index is 11.5. The van der Waals surface area contributed by atoms with Crippen LogP contribution < -0.4 is 11.3 Å². The Labute approximate surface area is 119 Å². The summed E-state index contributed by atoms with van der Waals surface area (Å²) < 4.78 is 0. The lowest BCUT2D eigenvalue weighted by molar-refractivity contribution is 0.0946. The van der Waals surface area contributed by atoms with Gasteiger partial charge in [0.1, 0.15) is 5.69 Å². The predicted octanol–water partition coefficient (Wildman–Crippen LogP) is 0.422. The number of hydrogen-bond donors (Lipinski definition) is 3. The van der Waals surface area contributed by atoms with Crippen molar-refractivity contribution in [2.75, 3.05) is 13.2 Å². The second-order valence-electron chi connectivity index (χ2n) is 5.14. The van der Waals surface area contributed by atoms with Crippen molar-refractivity contribution in [2.24, 2.45) is 5.84 Å². The van der Waals surface area contributed by atoms with Gasteiger partial charge in [0.15, 0.2) is 0 Å². The van der Waals surface area contributed by atoms with Crippen molar-refractivity contribution in [3.63, 3.8) is 0 Å². The molecule has 2 rings (SSSR count). The average molecular weight is 278 g/mol. The maximum Gasteiger partial charge on any atom is 0.283 e. The summed E-state index contributed by atoms with van der Waals surface area (Å²) in [4.78, 5) is 18.1. The van der Waals surface area contributed by atoms with Gasteiger partial charge in [-0.1, -0.05) is 18.9 Å². The minimum absolute atomic E-state index is 0.170. The van der Waals surface area contributed by atoms with Crippen LogP contribution in [0.3, 0.4) is 0 Å². The molecular formula is C14H22N4O2. The maximum atomic E-state index is 11.5. The van der Waals surface area contributed by atoms with E-state index in [4.69, 9.17) is 5.84 Å². The number of hydrazine groups is 1. The van der Waals surface area contributed by atoms with Crippen molar-refractivity contribution in [2.45, 2.75) is 38.3 Å². The van der Waals surface area contributed by atoms with Gasteiger partial charge >= 0.3 is 0 Å². The number of pyridine rings is 1. The third-order valence-electron chi connectivity index (χ3n) is 3.75. The van der Waals surface area contributed by atoms with E-state index >= 15 is 0 Å². The van der Waals surface area contributed by atoms with Crippen LogP contribution in [0.5, 0.6) is 0 Å². The van der Waals surface area contributed by atoms with Crippen molar-refractivity contribution in [3.8, 4) is 0 Å². The molecule has 1 fully saturated rings. The van der Waals surface area contributed by atoms with Gasteiger partial charge in [-0.15, -0.1) is 0 Å². The second kappa shape index (κ2) is 7.33. The van der Waals surface area contributed by atoms with Crippen molar-refractivity contribution < 1.29 is 9.90 Å². The Morgan fingerprint density at radius 2 is 2.30 bits per heavy atom. The summed E-state index contributed by atoms with van der Waals surface area (Å²) >= 11 is 0. The Kier molecular flexibility index (Phi) is 5.46. The molecule has 1 unspecified atom stereocenters. The van der Waals surface area contributed by atoms with Crippen molar-refractivity contribution >= 4 is 5.91 Å². The highest BCUT2D eigenvalue weighted by Gasteiger charge is 2.20. The van der Waals surface area contributed by atoms with Gasteiger partial charge in [0.2, 0.25) is 0 Å². The van der Waals surface area contributed by atoms with E-state index in [1.165, 1.54) is 6.42 Å². The van der Waals surface area contributed by atoms with Gasteiger partial charge in [-0.05, 0) is 31.5 Å². The highest BCUT2D eigenvalue weighted by Crippen LogP contribution is 2.18. The average Bonchev–Trinajstić information content (AvgIpc) is 2.71. The normalized spacial score (nSPS) is 20.4. The quantitative estimate of drug-likeness (QED) is 0.422. The van der Waals surface area contributed by atoms with Gasteiger partial charge in [-0.2, -0.15) is 0 Å². The molecule has 6 nitrogen and oxygen atoms in total. The smallest absolute Gasteiger partial charge is 0.283 e.